The minimum Gasteiger partial charge on any atom is -0.480 e. The van der Waals surface area contributed by atoms with Gasteiger partial charge in [-0.05, 0) is 31.2 Å². The number of carbonyl (C=O) groups is 1. The topological polar surface area (TPSA) is 98.5 Å². The molecule has 0 aliphatic carbocycles. The van der Waals surface area contributed by atoms with Gasteiger partial charge in [-0.25, -0.2) is 8.42 Å². The molecular weight excluding hydrogens is 292 g/mol. The molecule has 0 unspecified atom stereocenters. The number of nitrogens with zero attached hydrogens (tertiary/aromatic N) is 2. The highest BCUT2D eigenvalue weighted by Gasteiger charge is 2.18. The lowest BCUT2D eigenvalue weighted by Gasteiger charge is -2.19. The van der Waals surface area contributed by atoms with Gasteiger partial charge in [0.15, 0.2) is 9.84 Å². The van der Waals surface area contributed by atoms with Gasteiger partial charge in [-0.2, -0.15) is 5.26 Å². The van der Waals surface area contributed by atoms with E-state index < -0.39 is 15.8 Å². The van der Waals surface area contributed by atoms with Crippen LogP contribution in [-0.2, 0) is 14.6 Å². The molecule has 0 saturated heterocycles. The number of sulfone groups is 1. The Morgan fingerprint density at radius 1 is 1.38 bits per heavy atom. The summed E-state index contributed by atoms with van der Waals surface area (Å²) in [6.07, 6.45) is 0.747. The summed E-state index contributed by atoms with van der Waals surface area (Å²) in [5, 5.41) is 17.6. The number of aliphatic carboxylic acids is 1. The van der Waals surface area contributed by atoms with Crippen LogP contribution in [0.25, 0.3) is 0 Å². The van der Waals surface area contributed by atoms with E-state index in [4.69, 9.17) is 10.4 Å². The van der Waals surface area contributed by atoms with Crippen LogP contribution in [0.3, 0.4) is 0 Å². The predicted octanol–water partition coefficient (Wildman–Crippen LogP) is 1.13. The van der Waals surface area contributed by atoms with Crippen molar-refractivity contribution in [3.05, 3.63) is 29.8 Å². The lowest BCUT2D eigenvalue weighted by atomic mass is 10.2. The third-order valence-electron chi connectivity index (χ3n) is 2.90. The molecule has 21 heavy (non-hydrogen) atoms. The molecule has 0 heterocycles. The van der Waals surface area contributed by atoms with Crippen molar-refractivity contribution in [2.24, 2.45) is 0 Å². The average molecular weight is 310 g/mol. The number of rotatable bonds is 8. The van der Waals surface area contributed by atoms with Crippen molar-refractivity contribution in [1.29, 1.82) is 5.26 Å². The lowest BCUT2D eigenvalue weighted by Crippen LogP contribution is -2.34. The van der Waals surface area contributed by atoms with E-state index in [-0.39, 0.29) is 29.3 Å². The van der Waals surface area contributed by atoms with E-state index in [2.05, 4.69) is 0 Å². The molecule has 114 valence electrons. The molecular formula is C14H18N2O4S. The average Bonchev–Trinajstić information content (AvgIpc) is 2.44. The predicted molar refractivity (Wildman–Crippen MR) is 77.6 cm³/mol. The summed E-state index contributed by atoms with van der Waals surface area (Å²) in [5.41, 5.74) is 0.284. The number of carboxylic acid groups (broad SMARTS) is 1. The Labute approximate surface area is 124 Å². The van der Waals surface area contributed by atoms with E-state index in [9.17, 15) is 13.2 Å². The zero-order valence-corrected chi connectivity index (χ0v) is 12.6. The van der Waals surface area contributed by atoms with Crippen molar-refractivity contribution in [1.82, 2.24) is 4.90 Å². The maximum absolute atomic E-state index is 12.2. The van der Waals surface area contributed by atoms with E-state index in [0.717, 1.165) is 6.42 Å². The van der Waals surface area contributed by atoms with Crippen LogP contribution in [0.1, 0.15) is 18.9 Å². The molecule has 0 fully saturated rings. The molecule has 0 saturated carbocycles. The number of hydrogen-bond acceptors (Lipinski definition) is 5. The van der Waals surface area contributed by atoms with Crippen LogP contribution in [0.5, 0.6) is 0 Å². The van der Waals surface area contributed by atoms with Gasteiger partial charge in [0, 0.05) is 6.54 Å². The van der Waals surface area contributed by atoms with Crippen molar-refractivity contribution < 1.29 is 18.3 Å². The van der Waals surface area contributed by atoms with Crippen molar-refractivity contribution >= 4 is 15.8 Å². The highest BCUT2D eigenvalue weighted by Crippen LogP contribution is 2.13. The molecule has 0 radical (unpaired) electrons. The van der Waals surface area contributed by atoms with Crippen LogP contribution < -0.4 is 0 Å². The summed E-state index contributed by atoms with van der Waals surface area (Å²) < 4.78 is 24.4. The van der Waals surface area contributed by atoms with E-state index in [1.54, 1.807) is 4.90 Å². The third-order valence-corrected chi connectivity index (χ3v) is 4.59. The van der Waals surface area contributed by atoms with E-state index >= 15 is 0 Å². The Morgan fingerprint density at radius 3 is 2.67 bits per heavy atom. The normalized spacial score (nSPS) is 11.3. The van der Waals surface area contributed by atoms with Crippen molar-refractivity contribution in [2.45, 2.75) is 18.2 Å². The molecule has 0 spiro atoms. The summed E-state index contributed by atoms with van der Waals surface area (Å²) in [4.78, 5) is 12.4. The van der Waals surface area contributed by atoms with Gasteiger partial charge in [-0.1, -0.05) is 13.0 Å². The maximum atomic E-state index is 12.2. The van der Waals surface area contributed by atoms with Gasteiger partial charge in [0.1, 0.15) is 0 Å². The summed E-state index contributed by atoms with van der Waals surface area (Å²) in [5.74, 6) is -1.15. The molecule has 1 N–H and O–H groups in total. The van der Waals surface area contributed by atoms with Crippen LogP contribution >= 0.6 is 0 Å². The first-order chi connectivity index (χ1) is 9.89. The Bertz CT molecular complexity index is 635. The monoisotopic (exact) mass is 310 g/mol. The van der Waals surface area contributed by atoms with E-state index in [1.165, 1.54) is 24.3 Å². The van der Waals surface area contributed by atoms with E-state index in [1.807, 2.05) is 13.0 Å². The lowest BCUT2D eigenvalue weighted by molar-refractivity contribution is -0.138. The number of hydrogen-bond donors (Lipinski definition) is 1. The molecule has 0 atom stereocenters. The van der Waals surface area contributed by atoms with Crippen LogP contribution in [0.2, 0.25) is 0 Å². The minimum atomic E-state index is -3.53. The second-order valence-corrected chi connectivity index (χ2v) is 6.74. The molecule has 1 rings (SSSR count). The quantitative estimate of drug-likeness (QED) is 0.773. The molecule has 0 aromatic heterocycles. The first-order valence-electron chi connectivity index (χ1n) is 6.56. The smallest absolute Gasteiger partial charge is 0.317 e. The fourth-order valence-electron chi connectivity index (χ4n) is 1.90. The first kappa shape index (κ1) is 17.1. The van der Waals surface area contributed by atoms with Gasteiger partial charge in [-0.15, -0.1) is 0 Å². The van der Waals surface area contributed by atoms with Gasteiger partial charge in [0.25, 0.3) is 0 Å². The second-order valence-electron chi connectivity index (χ2n) is 4.63. The van der Waals surface area contributed by atoms with Gasteiger partial charge < -0.3 is 5.11 Å². The Balaban J connectivity index is 2.79. The van der Waals surface area contributed by atoms with Crippen LogP contribution in [0.4, 0.5) is 0 Å². The number of carboxylic acids is 1. The summed E-state index contributed by atoms with van der Waals surface area (Å²) in [6.45, 7) is 2.40. The summed E-state index contributed by atoms with van der Waals surface area (Å²) in [6, 6.07) is 7.73. The number of benzene rings is 1. The van der Waals surface area contributed by atoms with Gasteiger partial charge in [-0.3, -0.25) is 9.69 Å². The van der Waals surface area contributed by atoms with Crippen molar-refractivity contribution in [3.63, 3.8) is 0 Å². The fourth-order valence-corrected chi connectivity index (χ4v) is 3.23. The summed E-state index contributed by atoms with van der Waals surface area (Å²) in [7, 11) is -3.53. The van der Waals surface area contributed by atoms with Gasteiger partial charge in [0.2, 0.25) is 0 Å². The first-order valence-corrected chi connectivity index (χ1v) is 8.21. The third kappa shape index (κ3) is 5.53. The second kappa shape index (κ2) is 7.76. The number of nitriles is 1. The molecule has 7 heteroatoms. The molecule has 6 nitrogen and oxygen atoms in total. The van der Waals surface area contributed by atoms with Gasteiger partial charge in [0.05, 0.1) is 28.8 Å². The van der Waals surface area contributed by atoms with Crippen molar-refractivity contribution in [2.75, 3.05) is 25.4 Å². The minimum absolute atomic E-state index is 0.0910. The van der Waals surface area contributed by atoms with Crippen LogP contribution in [0, 0.1) is 11.3 Å². The Hall–Kier alpha value is -1.91. The highest BCUT2D eigenvalue weighted by molar-refractivity contribution is 7.91. The summed E-state index contributed by atoms with van der Waals surface area (Å²) >= 11 is 0. The molecule has 0 amide bonds. The zero-order chi connectivity index (χ0) is 15.9. The van der Waals surface area contributed by atoms with Crippen LogP contribution in [-0.4, -0.2) is 49.8 Å². The zero-order valence-electron chi connectivity index (χ0n) is 11.8. The highest BCUT2D eigenvalue weighted by atomic mass is 32.2. The van der Waals surface area contributed by atoms with Gasteiger partial charge >= 0.3 is 5.97 Å². The van der Waals surface area contributed by atoms with Crippen LogP contribution in [0.15, 0.2) is 29.2 Å². The fraction of sp³-hybridized carbons (Fsp3) is 0.429. The molecule has 1 aromatic carbocycles. The maximum Gasteiger partial charge on any atom is 0.317 e. The standard InChI is InChI=1S/C14H18N2O4S/c1-2-6-16(11-14(17)18)7-8-21(19,20)13-5-3-4-12(9-13)10-15/h3-5,9H,2,6-8,11H2,1H3,(H,17,18). The Kier molecular flexibility index (Phi) is 6.34. The molecule has 0 aliphatic rings. The SMILES string of the molecule is CCCN(CCS(=O)(=O)c1cccc(C#N)c1)CC(=O)O. The molecule has 0 aliphatic heterocycles. The Morgan fingerprint density at radius 2 is 2.10 bits per heavy atom. The molecule has 1 aromatic rings. The van der Waals surface area contributed by atoms with Crippen molar-refractivity contribution in [3.8, 4) is 6.07 Å². The van der Waals surface area contributed by atoms with E-state index in [0.29, 0.717) is 6.54 Å². The molecule has 0 bridgehead atoms. The largest absolute Gasteiger partial charge is 0.480 e.